The Kier molecular flexibility index (Phi) is 6.58. The quantitative estimate of drug-likeness (QED) is 0.806. The second-order valence-corrected chi connectivity index (χ2v) is 5.09. The molecule has 1 amide bonds. The van der Waals surface area contributed by atoms with Gasteiger partial charge in [-0.25, -0.2) is 4.39 Å². The molecule has 116 valence electrons. The lowest BCUT2D eigenvalue weighted by Crippen LogP contribution is -2.42. The van der Waals surface area contributed by atoms with Crippen LogP contribution < -0.4 is 5.32 Å². The summed E-state index contributed by atoms with van der Waals surface area (Å²) in [5.41, 5.74) is 0.318. The van der Waals surface area contributed by atoms with Crippen molar-refractivity contribution in [2.45, 2.75) is 26.4 Å². The molecule has 0 spiro atoms. The van der Waals surface area contributed by atoms with E-state index in [2.05, 4.69) is 5.32 Å². The summed E-state index contributed by atoms with van der Waals surface area (Å²) in [6.07, 6.45) is 0. The molecule has 0 bridgehead atoms. The molecule has 0 radical (unpaired) electrons. The lowest BCUT2D eigenvalue weighted by Gasteiger charge is -2.26. The summed E-state index contributed by atoms with van der Waals surface area (Å²) >= 11 is 5.72. The van der Waals surface area contributed by atoms with Crippen molar-refractivity contribution in [2.75, 3.05) is 13.1 Å². The molecule has 0 aromatic heterocycles. The zero-order chi connectivity index (χ0) is 16.0. The average Bonchev–Trinajstić information content (AvgIpc) is 2.41. The molecule has 0 aliphatic rings. The molecule has 0 heterocycles. The number of carboxylic acid groups (broad SMARTS) is 1. The minimum absolute atomic E-state index is 0.00251. The molecule has 7 heteroatoms. The van der Waals surface area contributed by atoms with Crippen LogP contribution in [0.1, 0.15) is 19.4 Å². The number of hydrogen-bond donors (Lipinski definition) is 2. The summed E-state index contributed by atoms with van der Waals surface area (Å²) in [6.45, 7) is 3.56. The average molecular weight is 317 g/mol. The highest BCUT2D eigenvalue weighted by molar-refractivity contribution is 6.30. The predicted molar refractivity (Wildman–Crippen MR) is 77.6 cm³/mol. The molecule has 0 saturated carbocycles. The smallest absolute Gasteiger partial charge is 0.320 e. The Morgan fingerprint density at radius 3 is 2.71 bits per heavy atom. The first-order chi connectivity index (χ1) is 9.82. The SMILES string of the molecule is CC(=O)NCCN(Cc1cccc(Cl)c1F)C(C)C(=O)O. The van der Waals surface area contributed by atoms with Crippen molar-refractivity contribution >= 4 is 23.5 Å². The number of nitrogens with one attached hydrogen (secondary N) is 1. The van der Waals surface area contributed by atoms with E-state index in [9.17, 15) is 14.0 Å². The van der Waals surface area contributed by atoms with E-state index >= 15 is 0 Å². The fraction of sp³-hybridized carbons (Fsp3) is 0.429. The van der Waals surface area contributed by atoms with Crippen molar-refractivity contribution in [3.05, 3.63) is 34.6 Å². The van der Waals surface area contributed by atoms with Crippen LogP contribution in [0.15, 0.2) is 18.2 Å². The van der Waals surface area contributed by atoms with E-state index in [0.717, 1.165) is 0 Å². The number of halogens is 2. The monoisotopic (exact) mass is 316 g/mol. The third-order valence-corrected chi connectivity index (χ3v) is 3.37. The Morgan fingerprint density at radius 2 is 2.14 bits per heavy atom. The van der Waals surface area contributed by atoms with Crippen molar-refractivity contribution < 1.29 is 19.1 Å². The molecule has 1 aromatic carbocycles. The molecular weight excluding hydrogens is 299 g/mol. The molecule has 1 aromatic rings. The fourth-order valence-corrected chi connectivity index (χ4v) is 2.02. The van der Waals surface area contributed by atoms with E-state index < -0.39 is 17.8 Å². The molecule has 0 aliphatic heterocycles. The van der Waals surface area contributed by atoms with Crippen LogP contribution in [0, 0.1) is 5.82 Å². The summed E-state index contributed by atoms with van der Waals surface area (Å²) in [4.78, 5) is 23.6. The molecule has 21 heavy (non-hydrogen) atoms. The van der Waals surface area contributed by atoms with Gasteiger partial charge >= 0.3 is 5.97 Å². The number of benzene rings is 1. The van der Waals surface area contributed by atoms with Gasteiger partial charge in [0.2, 0.25) is 5.91 Å². The van der Waals surface area contributed by atoms with Crippen LogP contribution >= 0.6 is 11.6 Å². The Bertz CT molecular complexity index is 525. The van der Waals surface area contributed by atoms with Crippen LogP contribution in [-0.4, -0.2) is 41.0 Å². The van der Waals surface area contributed by atoms with Crippen molar-refractivity contribution in [1.29, 1.82) is 0 Å². The number of amides is 1. The molecule has 1 rings (SSSR count). The van der Waals surface area contributed by atoms with Crippen LogP contribution in [0.2, 0.25) is 5.02 Å². The van der Waals surface area contributed by atoms with Crippen molar-refractivity contribution in [3.63, 3.8) is 0 Å². The zero-order valence-electron chi connectivity index (χ0n) is 11.9. The molecule has 1 unspecified atom stereocenters. The highest BCUT2D eigenvalue weighted by atomic mass is 35.5. The van der Waals surface area contributed by atoms with E-state index in [4.69, 9.17) is 16.7 Å². The maximum Gasteiger partial charge on any atom is 0.320 e. The maximum absolute atomic E-state index is 13.9. The standard InChI is InChI=1S/C14H18ClFN2O3/c1-9(14(20)21)18(7-6-17-10(2)19)8-11-4-3-5-12(15)13(11)16/h3-5,9H,6-8H2,1-2H3,(H,17,19)(H,20,21). The van der Waals surface area contributed by atoms with Gasteiger partial charge in [0.15, 0.2) is 0 Å². The maximum atomic E-state index is 13.9. The van der Waals surface area contributed by atoms with Crippen molar-refractivity contribution in [3.8, 4) is 0 Å². The van der Waals surface area contributed by atoms with E-state index in [1.165, 1.54) is 19.9 Å². The minimum Gasteiger partial charge on any atom is -0.480 e. The number of nitrogens with zero attached hydrogens (tertiary/aromatic N) is 1. The number of rotatable bonds is 7. The lowest BCUT2D eigenvalue weighted by atomic mass is 10.1. The Morgan fingerprint density at radius 1 is 1.48 bits per heavy atom. The second kappa shape index (κ2) is 7.95. The van der Waals surface area contributed by atoms with Gasteiger partial charge in [0, 0.05) is 32.1 Å². The van der Waals surface area contributed by atoms with Gasteiger partial charge in [-0.05, 0) is 13.0 Å². The molecule has 0 aliphatic carbocycles. The summed E-state index contributed by atoms with van der Waals surface area (Å²) < 4.78 is 13.9. The van der Waals surface area contributed by atoms with Crippen LogP contribution in [0.3, 0.4) is 0 Å². The Hall–Kier alpha value is -1.66. The van der Waals surface area contributed by atoms with Crippen LogP contribution in [0.25, 0.3) is 0 Å². The molecule has 0 saturated heterocycles. The summed E-state index contributed by atoms with van der Waals surface area (Å²) in [5, 5.41) is 11.7. The minimum atomic E-state index is -1.01. The zero-order valence-corrected chi connectivity index (χ0v) is 12.7. The summed E-state index contributed by atoms with van der Waals surface area (Å²) in [6, 6.07) is 3.79. The Balaban J connectivity index is 2.83. The van der Waals surface area contributed by atoms with Crippen LogP contribution in [0.5, 0.6) is 0 Å². The first-order valence-corrected chi connectivity index (χ1v) is 6.85. The van der Waals surface area contributed by atoms with Gasteiger partial charge in [0.05, 0.1) is 5.02 Å². The van der Waals surface area contributed by atoms with Gasteiger partial charge in [0.25, 0.3) is 0 Å². The van der Waals surface area contributed by atoms with Gasteiger partial charge < -0.3 is 10.4 Å². The third kappa shape index (κ3) is 5.32. The molecular formula is C14H18ClFN2O3. The van der Waals surface area contributed by atoms with E-state index in [1.807, 2.05) is 0 Å². The molecule has 2 N–H and O–H groups in total. The topological polar surface area (TPSA) is 69.6 Å². The van der Waals surface area contributed by atoms with Gasteiger partial charge in [-0.1, -0.05) is 23.7 Å². The third-order valence-electron chi connectivity index (χ3n) is 3.08. The van der Waals surface area contributed by atoms with E-state index in [-0.39, 0.29) is 24.0 Å². The second-order valence-electron chi connectivity index (χ2n) is 4.68. The number of aliphatic carboxylic acids is 1. The first-order valence-electron chi connectivity index (χ1n) is 6.47. The molecule has 1 atom stereocenters. The predicted octanol–water partition coefficient (Wildman–Crippen LogP) is 1.89. The molecule has 5 nitrogen and oxygen atoms in total. The van der Waals surface area contributed by atoms with Crippen molar-refractivity contribution in [1.82, 2.24) is 10.2 Å². The number of carboxylic acids is 1. The summed E-state index contributed by atoms with van der Waals surface area (Å²) in [5.74, 6) is -1.77. The van der Waals surface area contributed by atoms with Crippen LogP contribution in [-0.2, 0) is 16.1 Å². The lowest BCUT2D eigenvalue weighted by molar-refractivity contribution is -0.142. The van der Waals surface area contributed by atoms with Crippen molar-refractivity contribution in [2.24, 2.45) is 0 Å². The fourth-order valence-electron chi connectivity index (χ4n) is 1.83. The van der Waals surface area contributed by atoms with Gasteiger partial charge in [-0.2, -0.15) is 0 Å². The van der Waals surface area contributed by atoms with E-state index in [1.54, 1.807) is 17.0 Å². The molecule has 0 fully saturated rings. The Labute approximate surface area is 127 Å². The van der Waals surface area contributed by atoms with E-state index in [0.29, 0.717) is 12.1 Å². The highest BCUT2D eigenvalue weighted by Gasteiger charge is 2.22. The normalized spacial score (nSPS) is 12.2. The number of hydrogen-bond acceptors (Lipinski definition) is 3. The van der Waals surface area contributed by atoms with Gasteiger partial charge in [-0.15, -0.1) is 0 Å². The highest BCUT2D eigenvalue weighted by Crippen LogP contribution is 2.20. The summed E-state index contributed by atoms with van der Waals surface area (Å²) in [7, 11) is 0. The first kappa shape index (κ1) is 17.4. The van der Waals surface area contributed by atoms with Gasteiger partial charge in [-0.3, -0.25) is 14.5 Å². The van der Waals surface area contributed by atoms with Gasteiger partial charge in [0.1, 0.15) is 11.9 Å². The number of carbonyl (C=O) groups is 2. The number of carbonyl (C=O) groups excluding carboxylic acids is 1. The van der Waals surface area contributed by atoms with Crippen LogP contribution in [0.4, 0.5) is 4.39 Å². The largest absolute Gasteiger partial charge is 0.480 e.